The number of carbonyl (C=O) groups excluding carboxylic acids is 1. The van der Waals surface area contributed by atoms with Gasteiger partial charge in [-0.1, -0.05) is 6.92 Å². The summed E-state index contributed by atoms with van der Waals surface area (Å²) in [7, 11) is 1.34. The third kappa shape index (κ3) is 3.43. The van der Waals surface area contributed by atoms with Gasteiger partial charge in [-0.15, -0.1) is 0 Å². The number of ether oxygens (including phenoxy) is 1. The quantitative estimate of drug-likeness (QED) is 0.867. The van der Waals surface area contributed by atoms with Gasteiger partial charge in [0.2, 0.25) is 5.91 Å². The molecule has 0 aromatic heterocycles. The van der Waals surface area contributed by atoms with Crippen LogP contribution in [0.2, 0.25) is 0 Å². The van der Waals surface area contributed by atoms with Gasteiger partial charge in [-0.05, 0) is 49.7 Å². The lowest BCUT2D eigenvalue weighted by atomic mass is 9.64. The zero-order chi connectivity index (χ0) is 18.9. The molecule has 1 aliphatic heterocycles. The van der Waals surface area contributed by atoms with E-state index in [-0.39, 0.29) is 35.5 Å². The molecule has 1 saturated carbocycles. The Morgan fingerprint density at radius 2 is 2.00 bits per heavy atom. The second-order valence-electron chi connectivity index (χ2n) is 7.77. The molecule has 0 radical (unpaired) electrons. The molecule has 1 aromatic carbocycles. The Balaban J connectivity index is 1.61. The van der Waals surface area contributed by atoms with Crippen LogP contribution in [0.5, 0.6) is 5.75 Å². The summed E-state index contributed by atoms with van der Waals surface area (Å²) in [6.45, 7) is 3.22. The Hall–Kier alpha value is -1.69. The summed E-state index contributed by atoms with van der Waals surface area (Å²) < 4.78 is 33.2. The van der Waals surface area contributed by atoms with Crippen LogP contribution in [0.15, 0.2) is 12.1 Å². The fourth-order valence-electron chi connectivity index (χ4n) is 4.45. The first-order valence-electron chi connectivity index (χ1n) is 9.35. The number of aliphatic hydroxyl groups is 1. The van der Waals surface area contributed by atoms with Crippen LogP contribution in [-0.4, -0.2) is 42.7 Å². The maximum atomic E-state index is 14.5. The van der Waals surface area contributed by atoms with E-state index in [1.54, 1.807) is 0 Å². The van der Waals surface area contributed by atoms with Crippen molar-refractivity contribution in [2.75, 3.05) is 26.8 Å². The van der Waals surface area contributed by atoms with Crippen molar-refractivity contribution >= 4 is 5.91 Å². The number of hydrogen-bond acceptors (Lipinski definition) is 3. The van der Waals surface area contributed by atoms with E-state index < -0.39 is 11.6 Å². The lowest BCUT2D eigenvalue weighted by Gasteiger charge is -2.54. The number of aliphatic hydroxyl groups excluding tert-OH is 1. The molecule has 4 nitrogen and oxygen atoms in total. The average Bonchev–Trinajstić information content (AvgIpc) is 2.62. The summed E-state index contributed by atoms with van der Waals surface area (Å²) in [5.41, 5.74) is 0.503. The maximum absolute atomic E-state index is 14.5. The van der Waals surface area contributed by atoms with E-state index in [1.807, 2.05) is 11.8 Å². The first kappa shape index (κ1) is 19.1. The van der Waals surface area contributed by atoms with Gasteiger partial charge in [-0.3, -0.25) is 4.79 Å². The zero-order valence-corrected chi connectivity index (χ0v) is 15.4. The lowest BCUT2D eigenvalue weighted by Crippen LogP contribution is -2.60. The molecule has 1 aliphatic carbocycles. The van der Waals surface area contributed by atoms with Gasteiger partial charge in [0.25, 0.3) is 0 Å². The molecule has 144 valence electrons. The van der Waals surface area contributed by atoms with Crippen LogP contribution in [-0.2, 0) is 4.79 Å². The van der Waals surface area contributed by atoms with Gasteiger partial charge in [0.05, 0.1) is 19.6 Å². The minimum absolute atomic E-state index is 0.0178. The van der Waals surface area contributed by atoms with Crippen molar-refractivity contribution in [3.63, 3.8) is 0 Å². The number of carbonyl (C=O) groups is 1. The number of rotatable bonds is 5. The molecule has 1 aromatic rings. The summed E-state index contributed by atoms with van der Waals surface area (Å²) in [6.07, 6.45) is 4.00. The smallest absolute Gasteiger partial charge is 0.228 e. The predicted molar refractivity (Wildman–Crippen MR) is 94.0 cm³/mol. The van der Waals surface area contributed by atoms with Crippen molar-refractivity contribution in [3.8, 4) is 5.75 Å². The number of likely N-dealkylation sites (tertiary alicyclic amines) is 1. The number of benzene rings is 1. The van der Waals surface area contributed by atoms with Gasteiger partial charge in [-0.25, -0.2) is 8.78 Å². The van der Waals surface area contributed by atoms with E-state index in [9.17, 15) is 18.7 Å². The molecule has 2 aliphatic rings. The van der Waals surface area contributed by atoms with E-state index in [4.69, 9.17) is 4.74 Å². The van der Waals surface area contributed by atoms with Crippen LogP contribution < -0.4 is 4.74 Å². The van der Waals surface area contributed by atoms with Crippen LogP contribution in [0.4, 0.5) is 8.78 Å². The molecule has 1 saturated heterocycles. The number of hydrogen-bond donors (Lipinski definition) is 1. The third-order valence-electron chi connectivity index (χ3n) is 6.16. The summed E-state index contributed by atoms with van der Waals surface area (Å²) >= 11 is 0. The largest absolute Gasteiger partial charge is 0.494 e. The summed E-state index contributed by atoms with van der Waals surface area (Å²) in [6, 6.07) is 2.36. The van der Waals surface area contributed by atoms with Gasteiger partial charge >= 0.3 is 0 Å². The molecule has 0 unspecified atom stereocenters. The Kier molecular flexibility index (Phi) is 5.51. The first-order chi connectivity index (χ1) is 12.4. The van der Waals surface area contributed by atoms with Crippen LogP contribution in [0.25, 0.3) is 0 Å². The second kappa shape index (κ2) is 7.51. The summed E-state index contributed by atoms with van der Waals surface area (Å²) in [5, 5.41) is 9.29. The Bertz CT molecular complexity index is 659. The lowest BCUT2D eigenvalue weighted by molar-refractivity contribution is -0.151. The highest BCUT2D eigenvalue weighted by atomic mass is 19.1. The second-order valence-corrected chi connectivity index (χ2v) is 7.77. The number of methoxy groups -OCH3 is 1. The van der Waals surface area contributed by atoms with Crippen LogP contribution >= 0.6 is 0 Å². The number of amides is 1. The topological polar surface area (TPSA) is 49.8 Å². The number of nitrogens with zero attached hydrogens (tertiary/aromatic N) is 1. The van der Waals surface area contributed by atoms with Crippen LogP contribution in [0.3, 0.4) is 0 Å². The van der Waals surface area contributed by atoms with Crippen molar-refractivity contribution in [1.29, 1.82) is 0 Å². The van der Waals surface area contributed by atoms with Crippen LogP contribution in [0.1, 0.15) is 50.5 Å². The van der Waals surface area contributed by atoms with Gasteiger partial charge in [0.1, 0.15) is 5.82 Å². The minimum Gasteiger partial charge on any atom is -0.494 e. The van der Waals surface area contributed by atoms with Crippen molar-refractivity contribution in [2.45, 2.75) is 44.9 Å². The average molecular weight is 367 g/mol. The zero-order valence-electron chi connectivity index (χ0n) is 15.4. The molecule has 1 amide bonds. The predicted octanol–water partition coefficient (Wildman–Crippen LogP) is 3.48. The SMILES string of the molecule is CC[C@H](CO)C(=O)N1CC2(CCC(c3cc(F)cc(OC)c3F)CC2)C1. The molecule has 1 heterocycles. The molecule has 3 rings (SSSR count). The number of halogens is 2. The molecule has 6 heteroatoms. The van der Waals surface area contributed by atoms with Gasteiger partial charge in [0, 0.05) is 24.6 Å². The molecule has 1 spiro atoms. The Morgan fingerprint density at radius 1 is 1.35 bits per heavy atom. The fourth-order valence-corrected chi connectivity index (χ4v) is 4.45. The molecule has 1 N–H and O–H groups in total. The van der Waals surface area contributed by atoms with Gasteiger partial charge in [0.15, 0.2) is 11.6 Å². The summed E-state index contributed by atoms with van der Waals surface area (Å²) in [4.78, 5) is 14.1. The molecular formula is C20H27F2NO3. The molecule has 26 heavy (non-hydrogen) atoms. The Morgan fingerprint density at radius 3 is 2.54 bits per heavy atom. The maximum Gasteiger partial charge on any atom is 0.228 e. The third-order valence-corrected chi connectivity index (χ3v) is 6.16. The van der Waals surface area contributed by atoms with Gasteiger partial charge in [-0.2, -0.15) is 0 Å². The van der Waals surface area contributed by atoms with E-state index >= 15 is 0 Å². The fraction of sp³-hybridized carbons (Fsp3) is 0.650. The molecular weight excluding hydrogens is 340 g/mol. The molecule has 1 atom stereocenters. The van der Waals surface area contributed by atoms with E-state index in [0.29, 0.717) is 25.1 Å². The van der Waals surface area contributed by atoms with E-state index in [2.05, 4.69) is 0 Å². The van der Waals surface area contributed by atoms with Crippen molar-refractivity contribution in [2.24, 2.45) is 11.3 Å². The summed E-state index contributed by atoms with van der Waals surface area (Å²) in [5.74, 6) is -1.28. The van der Waals surface area contributed by atoms with Gasteiger partial charge < -0.3 is 14.7 Å². The normalized spacial score (nSPS) is 20.7. The highest BCUT2D eigenvalue weighted by molar-refractivity contribution is 5.80. The Labute approximate surface area is 153 Å². The van der Waals surface area contributed by atoms with E-state index in [0.717, 1.165) is 31.7 Å². The van der Waals surface area contributed by atoms with Crippen molar-refractivity contribution in [3.05, 3.63) is 29.3 Å². The highest BCUT2D eigenvalue weighted by Gasteiger charge is 2.48. The molecule has 0 bridgehead atoms. The standard InChI is InChI=1S/C20H27F2NO3/c1-3-13(10-24)19(25)23-11-20(12-23)6-4-14(5-7-20)16-8-15(21)9-17(26-2)18(16)22/h8-9,13-14,24H,3-7,10-12H2,1-2H3/t13-/m1/s1. The molecule has 2 fully saturated rings. The van der Waals surface area contributed by atoms with Crippen molar-refractivity contribution in [1.82, 2.24) is 4.90 Å². The highest BCUT2D eigenvalue weighted by Crippen LogP contribution is 2.49. The minimum atomic E-state index is -0.478. The van der Waals surface area contributed by atoms with Crippen molar-refractivity contribution < 1.29 is 23.4 Å². The van der Waals surface area contributed by atoms with Crippen LogP contribution in [0, 0.1) is 23.0 Å². The monoisotopic (exact) mass is 367 g/mol. The van der Waals surface area contributed by atoms with E-state index in [1.165, 1.54) is 13.2 Å². The first-order valence-corrected chi connectivity index (χ1v) is 9.35.